The molecule has 0 saturated heterocycles. The van der Waals surface area contributed by atoms with Crippen LogP contribution in [0.4, 0.5) is 0 Å². The molecule has 0 aliphatic carbocycles. The summed E-state index contributed by atoms with van der Waals surface area (Å²) >= 11 is 12.5. The summed E-state index contributed by atoms with van der Waals surface area (Å²) < 4.78 is 0. The molecule has 2 N–H and O–H groups in total. The van der Waals surface area contributed by atoms with Crippen molar-refractivity contribution in [1.29, 1.82) is 0 Å². The van der Waals surface area contributed by atoms with Crippen LogP contribution in [0.1, 0.15) is 16.7 Å². The van der Waals surface area contributed by atoms with Crippen LogP contribution in [0.15, 0.2) is 83.9 Å². The fourth-order valence-corrected chi connectivity index (χ4v) is 2.97. The lowest BCUT2D eigenvalue weighted by Crippen LogP contribution is -2.36. The summed E-state index contributed by atoms with van der Waals surface area (Å²) in [6.07, 6.45) is 0. The normalized spacial score (nSPS) is 10.3. The Balaban J connectivity index is 1.69. The maximum absolute atomic E-state index is 6.26. The van der Waals surface area contributed by atoms with E-state index in [4.69, 9.17) is 28.2 Å². The Kier molecular flexibility index (Phi) is 7.14. The average molecular weight is 398 g/mol. The molecule has 5 heteroatoms. The van der Waals surface area contributed by atoms with Gasteiger partial charge in [0.15, 0.2) is 5.96 Å². The number of guanidine groups is 1. The topological polar surface area (TPSA) is 36.4 Å². The molecule has 0 fully saturated rings. The standard InChI is InChI=1S/C22H21Cl2N3/c23-20-12-6-4-10-18(20)15-26-22(25-14-17-8-2-1-3-9-17)27-16-19-11-5-7-13-21(19)24/h1-13H,14-16H2,(H2,25,26,27). The summed E-state index contributed by atoms with van der Waals surface area (Å²) in [6.45, 7) is 1.76. The highest BCUT2D eigenvalue weighted by Gasteiger charge is 2.04. The van der Waals surface area contributed by atoms with Crippen molar-refractivity contribution in [1.82, 2.24) is 10.6 Å². The summed E-state index contributed by atoms with van der Waals surface area (Å²) in [5, 5.41) is 8.17. The van der Waals surface area contributed by atoms with Gasteiger partial charge in [0.2, 0.25) is 0 Å². The van der Waals surface area contributed by atoms with Gasteiger partial charge in [-0.2, -0.15) is 0 Å². The lowest BCUT2D eigenvalue weighted by molar-refractivity contribution is 0.797. The molecule has 27 heavy (non-hydrogen) atoms. The van der Waals surface area contributed by atoms with Crippen molar-refractivity contribution in [2.45, 2.75) is 19.6 Å². The Labute approximate surface area is 170 Å². The third-order valence-corrected chi connectivity index (χ3v) is 4.81. The van der Waals surface area contributed by atoms with E-state index in [2.05, 4.69) is 22.8 Å². The van der Waals surface area contributed by atoms with Gasteiger partial charge in [0, 0.05) is 23.1 Å². The minimum Gasteiger partial charge on any atom is -0.352 e. The van der Waals surface area contributed by atoms with Crippen LogP contribution in [0.25, 0.3) is 0 Å². The SMILES string of the molecule is Clc1ccccc1CNC(=NCc1ccccc1)NCc1ccccc1Cl. The Morgan fingerprint density at radius 2 is 1.15 bits per heavy atom. The largest absolute Gasteiger partial charge is 0.352 e. The van der Waals surface area contributed by atoms with E-state index in [-0.39, 0.29) is 0 Å². The summed E-state index contributed by atoms with van der Waals surface area (Å²) in [5.41, 5.74) is 3.19. The molecule has 0 atom stereocenters. The fraction of sp³-hybridized carbons (Fsp3) is 0.136. The maximum atomic E-state index is 6.26. The van der Waals surface area contributed by atoms with E-state index in [0.717, 1.165) is 26.7 Å². The van der Waals surface area contributed by atoms with Gasteiger partial charge in [-0.3, -0.25) is 0 Å². The molecule has 138 valence electrons. The van der Waals surface area contributed by atoms with E-state index in [0.29, 0.717) is 25.6 Å². The Bertz CT molecular complexity index is 843. The van der Waals surface area contributed by atoms with Crippen molar-refractivity contribution in [2.75, 3.05) is 0 Å². The fourth-order valence-electron chi connectivity index (χ4n) is 2.57. The second-order valence-electron chi connectivity index (χ2n) is 6.04. The monoisotopic (exact) mass is 397 g/mol. The van der Waals surface area contributed by atoms with Gasteiger partial charge in [-0.05, 0) is 28.8 Å². The van der Waals surface area contributed by atoms with Crippen molar-refractivity contribution >= 4 is 29.2 Å². The molecule has 0 aromatic heterocycles. The second kappa shape index (κ2) is 10.0. The predicted octanol–water partition coefficient (Wildman–Crippen LogP) is 5.43. The van der Waals surface area contributed by atoms with Crippen molar-refractivity contribution < 1.29 is 0 Å². The van der Waals surface area contributed by atoms with E-state index in [1.54, 1.807) is 0 Å². The highest BCUT2D eigenvalue weighted by Crippen LogP contribution is 2.15. The third kappa shape index (κ3) is 6.02. The molecule has 3 rings (SSSR count). The number of halogens is 2. The van der Waals surface area contributed by atoms with E-state index in [1.807, 2.05) is 66.7 Å². The van der Waals surface area contributed by atoms with Crippen molar-refractivity contribution in [3.8, 4) is 0 Å². The molecule has 0 aliphatic rings. The van der Waals surface area contributed by atoms with E-state index in [1.165, 1.54) is 0 Å². The lowest BCUT2D eigenvalue weighted by Gasteiger charge is -2.14. The summed E-state index contributed by atoms with van der Waals surface area (Å²) in [6, 6.07) is 25.7. The number of nitrogens with one attached hydrogen (secondary N) is 2. The highest BCUT2D eigenvalue weighted by atomic mass is 35.5. The number of benzene rings is 3. The van der Waals surface area contributed by atoms with Crippen LogP contribution in [0.2, 0.25) is 10.0 Å². The molecule has 0 spiro atoms. The van der Waals surface area contributed by atoms with Crippen LogP contribution < -0.4 is 10.6 Å². The highest BCUT2D eigenvalue weighted by molar-refractivity contribution is 6.31. The molecule has 0 unspecified atom stereocenters. The predicted molar refractivity (Wildman–Crippen MR) is 114 cm³/mol. The number of hydrogen-bond donors (Lipinski definition) is 2. The zero-order chi connectivity index (χ0) is 18.9. The second-order valence-corrected chi connectivity index (χ2v) is 6.85. The van der Waals surface area contributed by atoms with Gasteiger partial charge in [0.05, 0.1) is 6.54 Å². The summed E-state index contributed by atoms with van der Waals surface area (Å²) in [4.78, 5) is 4.69. The van der Waals surface area contributed by atoms with Gasteiger partial charge in [-0.25, -0.2) is 4.99 Å². The smallest absolute Gasteiger partial charge is 0.192 e. The van der Waals surface area contributed by atoms with Crippen LogP contribution in [-0.2, 0) is 19.6 Å². The third-order valence-electron chi connectivity index (χ3n) is 4.07. The Morgan fingerprint density at radius 1 is 0.667 bits per heavy atom. The molecule has 0 radical (unpaired) electrons. The molecular weight excluding hydrogens is 377 g/mol. The van der Waals surface area contributed by atoms with Crippen molar-refractivity contribution in [2.24, 2.45) is 4.99 Å². The number of aliphatic imine (C=N–C) groups is 1. The average Bonchev–Trinajstić information content (AvgIpc) is 2.70. The van der Waals surface area contributed by atoms with Crippen LogP contribution in [0, 0.1) is 0 Å². The Morgan fingerprint density at radius 3 is 1.67 bits per heavy atom. The van der Waals surface area contributed by atoms with Crippen LogP contribution >= 0.6 is 23.2 Å². The van der Waals surface area contributed by atoms with Gasteiger partial charge in [-0.1, -0.05) is 89.9 Å². The number of nitrogens with zero attached hydrogens (tertiary/aromatic N) is 1. The molecule has 0 saturated carbocycles. The lowest BCUT2D eigenvalue weighted by atomic mass is 10.2. The van der Waals surface area contributed by atoms with E-state index < -0.39 is 0 Å². The first-order valence-electron chi connectivity index (χ1n) is 8.75. The van der Waals surface area contributed by atoms with Gasteiger partial charge in [0.25, 0.3) is 0 Å². The molecule has 3 aromatic carbocycles. The molecular formula is C22H21Cl2N3. The molecule has 0 aliphatic heterocycles. The van der Waals surface area contributed by atoms with Gasteiger partial charge in [-0.15, -0.1) is 0 Å². The summed E-state index contributed by atoms with van der Waals surface area (Å²) in [5.74, 6) is 0.707. The first kappa shape index (κ1) is 19.3. The number of hydrogen-bond acceptors (Lipinski definition) is 1. The quantitative estimate of drug-likeness (QED) is 0.429. The van der Waals surface area contributed by atoms with Gasteiger partial charge in [0.1, 0.15) is 0 Å². The molecule has 3 nitrogen and oxygen atoms in total. The molecule has 3 aromatic rings. The minimum absolute atomic E-state index is 0.585. The first-order chi connectivity index (χ1) is 13.2. The number of rotatable bonds is 6. The summed E-state index contributed by atoms with van der Waals surface area (Å²) in [7, 11) is 0. The Hall–Kier alpha value is -2.49. The van der Waals surface area contributed by atoms with Crippen LogP contribution in [-0.4, -0.2) is 5.96 Å². The van der Waals surface area contributed by atoms with Crippen molar-refractivity contribution in [3.63, 3.8) is 0 Å². The van der Waals surface area contributed by atoms with Crippen molar-refractivity contribution in [3.05, 3.63) is 106 Å². The van der Waals surface area contributed by atoms with Gasteiger partial charge >= 0.3 is 0 Å². The first-order valence-corrected chi connectivity index (χ1v) is 9.51. The molecule has 0 amide bonds. The molecule has 0 heterocycles. The minimum atomic E-state index is 0.585. The van der Waals surface area contributed by atoms with E-state index in [9.17, 15) is 0 Å². The van der Waals surface area contributed by atoms with Gasteiger partial charge < -0.3 is 10.6 Å². The van der Waals surface area contributed by atoms with Crippen LogP contribution in [0.5, 0.6) is 0 Å². The zero-order valence-corrected chi connectivity index (χ0v) is 16.3. The van der Waals surface area contributed by atoms with E-state index >= 15 is 0 Å². The zero-order valence-electron chi connectivity index (χ0n) is 14.8. The maximum Gasteiger partial charge on any atom is 0.192 e. The molecule has 0 bridgehead atoms. The van der Waals surface area contributed by atoms with Crippen LogP contribution in [0.3, 0.4) is 0 Å².